The van der Waals surface area contributed by atoms with E-state index in [9.17, 15) is 4.79 Å². The van der Waals surface area contributed by atoms with Crippen molar-refractivity contribution < 1.29 is 23.4 Å². The number of fused-ring (bicyclic) bond motifs is 6. The van der Waals surface area contributed by atoms with Gasteiger partial charge in [-0.3, -0.25) is 14.8 Å². The average Bonchev–Trinajstić information content (AvgIpc) is 3.94. The number of carbonyl (C=O) groups excluding carboxylic acids is 1. The molecule has 3 atom stereocenters. The molecular weight excluding hydrogens is 700 g/mol. The van der Waals surface area contributed by atoms with Gasteiger partial charge < -0.3 is 19.1 Å². The van der Waals surface area contributed by atoms with E-state index >= 15 is 4.39 Å². The molecule has 0 aliphatic carbocycles. The van der Waals surface area contributed by atoms with E-state index < -0.39 is 11.4 Å². The van der Waals surface area contributed by atoms with Gasteiger partial charge in [0.1, 0.15) is 29.2 Å². The van der Waals surface area contributed by atoms with Crippen molar-refractivity contribution >= 4 is 44.5 Å². The highest BCUT2D eigenvalue weighted by molar-refractivity contribution is 6.12. The Morgan fingerprint density at radius 1 is 0.964 bits per heavy atom. The first kappa shape index (κ1) is 34.8. The zero-order valence-electron chi connectivity index (χ0n) is 32.0. The first-order chi connectivity index (χ1) is 26.7. The molecule has 3 unspecified atom stereocenters. The number of anilines is 1. The number of rotatable bonds is 6. The number of aromatic nitrogens is 5. The number of amides is 1. The Hall–Kier alpha value is -4.62. The van der Waals surface area contributed by atoms with Crippen molar-refractivity contribution in [3.63, 3.8) is 0 Å². The molecule has 10 rings (SSSR count). The van der Waals surface area contributed by atoms with Gasteiger partial charge in [0.25, 0.3) is 0 Å². The third-order valence-electron chi connectivity index (χ3n) is 12.6. The van der Waals surface area contributed by atoms with Crippen LogP contribution in [0.5, 0.6) is 6.01 Å². The first-order valence-corrected chi connectivity index (χ1v) is 20.2. The lowest BCUT2D eigenvalue weighted by Crippen LogP contribution is -2.57. The highest BCUT2D eigenvalue weighted by Gasteiger charge is 2.46. The lowest BCUT2D eigenvalue weighted by molar-refractivity contribution is -0.0366. The molecule has 1 amide bonds. The van der Waals surface area contributed by atoms with E-state index in [1.165, 1.54) is 0 Å². The van der Waals surface area contributed by atoms with E-state index in [0.29, 0.717) is 43.1 Å². The number of benzene rings is 2. The largest absolute Gasteiger partial charge is 0.461 e. The Morgan fingerprint density at radius 3 is 2.49 bits per heavy atom. The van der Waals surface area contributed by atoms with Crippen LogP contribution in [-0.4, -0.2) is 103 Å². The van der Waals surface area contributed by atoms with Gasteiger partial charge in [-0.2, -0.15) is 15.1 Å². The second-order valence-corrected chi connectivity index (χ2v) is 17.2. The fourth-order valence-electron chi connectivity index (χ4n) is 10.1. The lowest BCUT2D eigenvalue weighted by Gasteiger charge is -2.42. The summed E-state index contributed by atoms with van der Waals surface area (Å²) in [5.41, 5.74) is 1.31. The van der Waals surface area contributed by atoms with Gasteiger partial charge in [-0.15, -0.1) is 0 Å². The summed E-state index contributed by atoms with van der Waals surface area (Å²) in [5.74, 6) is 0.0541. The second-order valence-electron chi connectivity index (χ2n) is 17.2. The topological polar surface area (TPSA) is 111 Å². The lowest BCUT2D eigenvalue weighted by atomic mass is 9.95. The number of hydrogen-bond donors (Lipinski definition) is 0. The van der Waals surface area contributed by atoms with E-state index in [4.69, 9.17) is 34.3 Å². The summed E-state index contributed by atoms with van der Waals surface area (Å²) in [6, 6.07) is 10.2. The Labute approximate surface area is 319 Å². The number of piperazine rings is 1. The maximum atomic E-state index is 17.6. The molecule has 55 heavy (non-hydrogen) atoms. The smallest absolute Gasteiger partial charge is 0.410 e. The number of carbonyl (C=O) groups is 1. The van der Waals surface area contributed by atoms with Crippen LogP contribution in [0.2, 0.25) is 0 Å². The van der Waals surface area contributed by atoms with E-state index in [0.717, 1.165) is 92.6 Å². The van der Waals surface area contributed by atoms with Gasteiger partial charge in [0.05, 0.1) is 34.7 Å². The third-order valence-corrected chi connectivity index (χ3v) is 12.6. The summed E-state index contributed by atoms with van der Waals surface area (Å²) in [7, 11) is 0. The standard InChI is InChI=1S/C42H49FN8O4/c1-41(2,3)55-40(52)50-27-13-14-28(50)24-48(23-27)38-31-21-44-37(35(43)36(31)46-39(47-38)54-25-42-15-8-17-49(42)18-9-16-42)34-29-11-5-4-10-26(29)20-32-30(34)22-45-51(32)33-12-6-7-19-53-33/h4-5,10-11,20-22,27-28,33H,6-9,12-19,23-25H2,1-3H3. The predicted octanol–water partition coefficient (Wildman–Crippen LogP) is 7.63. The fourth-order valence-corrected chi connectivity index (χ4v) is 10.1. The van der Waals surface area contributed by atoms with E-state index in [-0.39, 0.29) is 47.2 Å². The van der Waals surface area contributed by atoms with Crippen LogP contribution in [0.15, 0.2) is 42.7 Å². The van der Waals surface area contributed by atoms with Crippen molar-refractivity contribution in [1.82, 2.24) is 34.5 Å². The summed E-state index contributed by atoms with van der Waals surface area (Å²) < 4.78 is 38.0. The van der Waals surface area contributed by atoms with Gasteiger partial charge in [-0.05, 0) is 108 Å². The molecular formula is C42H49FN8O4. The highest BCUT2D eigenvalue weighted by Crippen LogP contribution is 2.43. The van der Waals surface area contributed by atoms with Crippen LogP contribution >= 0.6 is 0 Å². The van der Waals surface area contributed by atoms with Gasteiger partial charge in [-0.25, -0.2) is 13.9 Å². The summed E-state index contributed by atoms with van der Waals surface area (Å²) in [6.07, 6.45) is 12.2. The van der Waals surface area contributed by atoms with E-state index in [1.54, 1.807) is 6.20 Å². The molecule has 0 spiro atoms. The number of nitrogens with zero attached hydrogens (tertiary/aromatic N) is 8. The monoisotopic (exact) mass is 748 g/mol. The molecule has 5 aromatic rings. The molecule has 5 aliphatic rings. The fraction of sp³-hybridized carbons (Fsp3) is 0.548. The number of hydrogen-bond acceptors (Lipinski definition) is 10. The van der Waals surface area contributed by atoms with E-state index in [1.807, 2.05) is 60.8 Å². The quantitative estimate of drug-likeness (QED) is 0.172. The summed E-state index contributed by atoms with van der Waals surface area (Å²) in [6.45, 7) is 10.0. The van der Waals surface area contributed by atoms with Crippen LogP contribution in [0.1, 0.15) is 84.8 Å². The van der Waals surface area contributed by atoms with Crippen LogP contribution in [0, 0.1) is 5.82 Å². The van der Waals surface area contributed by atoms with Crippen molar-refractivity contribution in [3.05, 3.63) is 48.5 Å². The molecule has 5 aliphatic heterocycles. The van der Waals surface area contributed by atoms with Crippen molar-refractivity contribution in [2.24, 2.45) is 0 Å². The maximum Gasteiger partial charge on any atom is 0.410 e. The molecule has 0 saturated carbocycles. The Balaban J connectivity index is 1.09. The number of halogens is 1. The molecule has 2 aromatic carbocycles. The Morgan fingerprint density at radius 2 is 1.75 bits per heavy atom. The number of pyridine rings is 1. The summed E-state index contributed by atoms with van der Waals surface area (Å²) in [5, 5.41) is 7.97. The van der Waals surface area contributed by atoms with Crippen LogP contribution in [0.25, 0.3) is 43.8 Å². The van der Waals surface area contributed by atoms with E-state index in [2.05, 4.69) is 15.9 Å². The zero-order valence-corrected chi connectivity index (χ0v) is 32.0. The SMILES string of the molecule is CC(C)(C)OC(=O)N1C2CCC1CN(c1nc(OCC34CCCN3CCC4)nc3c(F)c(-c4c5ccccc5cc5c4cnn5C4CCCCO4)ncc13)C2. The normalized spacial score (nSPS) is 24.0. The van der Waals surface area contributed by atoms with Gasteiger partial charge in [-0.1, -0.05) is 24.3 Å². The highest BCUT2D eigenvalue weighted by atomic mass is 19.1. The molecule has 0 N–H and O–H groups in total. The second kappa shape index (κ2) is 13.3. The molecule has 8 heterocycles. The van der Waals surface area contributed by atoms with Gasteiger partial charge in [0.2, 0.25) is 0 Å². The molecule has 0 radical (unpaired) electrons. The minimum atomic E-state index is -0.588. The van der Waals surface area contributed by atoms with Crippen molar-refractivity contribution in [1.29, 1.82) is 0 Å². The molecule has 2 bridgehead atoms. The Kier molecular flexibility index (Phi) is 8.40. The van der Waals surface area contributed by atoms with Gasteiger partial charge in [0.15, 0.2) is 12.0 Å². The van der Waals surface area contributed by atoms with Gasteiger partial charge >= 0.3 is 12.1 Å². The molecule has 5 fully saturated rings. The summed E-state index contributed by atoms with van der Waals surface area (Å²) >= 11 is 0. The molecule has 3 aromatic heterocycles. The number of ether oxygens (including phenoxy) is 3. The van der Waals surface area contributed by atoms with Crippen molar-refractivity contribution in [2.45, 2.75) is 108 Å². The van der Waals surface area contributed by atoms with Crippen LogP contribution in [0.4, 0.5) is 15.0 Å². The van der Waals surface area contributed by atoms with Crippen LogP contribution in [-0.2, 0) is 9.47 Å². The Bertz CT molecular complexity index is 2280. The van der Waals surface area contributed by atoms with Crippen LogP contribution in [0.3, 0.4) is 0 Å². The average molecular weight is 749 g/mol. The predicted molar refractivity (Wildman–Crippen MR) is 208 cm³/mol. The van der Waals surface area contributed by atoms with Crippen LogP contribution < -0.4 is 9.64 Å². The molecule has 5 saturated heterocycles. The first-order valence-electron chi connectivity index (χ1n) is 20.2. The summed E-state index contributed by atoms with van der Waals surface area (Å²) in [4.78, 5) is 34.7. The van der Waals surface area contributed by atoms with Crippen molar-refractivity contribution in [2.75, 3.05) is 44.3 Å². The van der Waals surface area contributed by atoms with Crippen molar-refractivity contribution in [3.8, 4) is 17.3 Å². The van der Waals surface area contributed by atoms with Gasteiger partial charge in [0, 0.05) is 36.8 Å². The molecule has 288 valence electrons. The molecule has 12 nitrogen and oxygen atoms in total. The minimum absolute atomic E-state index is 0.0324. The zero-order chi connectivity index (χ0) is 37.5. The third kappa shape index (κ3) is 5.96. The minimum Gasteiger partial charge on any atom is -0.461 e. The molecule has 13 heteroatoms. The maximum absolute atomic E-state index is 17.6.